The number of hydrogen-bond acceptors (Lipinski definition) is 4. The SMILES string of the molecule is CCC1SCCSC1C(O)c1cccc2ccncc12. The third-order valence-corrected chi connectivity index (χ3v) is 7.18. The van der Waals surface area contributed by atoms with Crippen molar-refractivity contribution in [3.05, 3.63) is 42.2 Å². The van der Waals surface area contributed by atoms with Gasteiger partial charge in [0.2, 0.25) is 0 Å². The maximum Gasteiger partial charge on any atom is 0.0925 e. The van der Waals surface area contributed by atoms with Gasteiger partial charge in [-0.2, -0.15) is 23.5 Å². The van der Waals surface area contributed by atoms with Gasteiger partial charge in [-0.05, 0) is 23.4 Å². The van der Waals surface area contributed by atoms with Crippen molar-refractivity contribution in [2.45, 2.75) is 29.9 Å². The summed E-state index contributed by atoms with van der Waals surface area (Å²) in [5, 5.41) is 13.9. The number of aliphatic hydroxyl groups is 1. The lowest BCUT2D eigenvalue weighted by Crippen LogP contribution is -2.31. The lowest BCUT2D eigenvalue weighted by atomic mass is 9.98. The van der Waals surface area contributed by atoms with E-state index in [0.717, 1.165) is 28.5 Å². The first kappa shape index (κ1) is 14.2. The largest absolute Gasteiger partial charge is 0.387 e. The average molecular weight is 305 g/mol. The van der Waals surface area contributed by atoms with Crippen LogP contribution in [0.15, 0.2) is 36.7 Å². The Labute approximate surface area is 128 Å². The minimum Gasteiger partial charge on any atom is -0.387 e. The molecule has 3 atom stereocenters. The summed E-state index contributed by atoms with van der Waals surface area (Å²) in [6.45, 7) is 2.22. The fraction of sp³-hybridized carbons (Fsp3) is 0.438. The van der Waals surface area contributed by atoms with Crippen LogP contribution in [0.3, 0.4) is 0 Å². The van der Waals surface area contributed by atoms with Crippen molar-refractivity contribution in [2.24, 2.45) is 0 Å². The molecule has 0 radical (unpaired) electrons. The number of rotatable bonds is 3. The van der Waals surface area contributed by atoms with E-state index in [2.05, 4.69) is 18.0 Å². The summed E-state index contributed by atoms with van der Waals surface area (Å²) >= 11 is 3.92. The molecule has 2 aromatic rings. The van der Waals surface area contributed by atoms with E-state index in [9.17, 15) is 5.11 Å². The maximum absolute atomic E-state index is 10.9. The molecule has 1 aromatic heterocycles. The van der Waals surface area contributed by atoms with Crippen LogP contribution in [0.4, 0.5) is 0 Å². The third kappa shape index (κ3) is 2.69. The quantitative estimate of drug-likeness (QED) is 0.932. The van der Waals surface area contributed by atoms with Crippen molar-refractivity contribution < 1.29 is 5.11 Å². The van der Waals surface area contributed by atoms with Crippen LogP contribution < -0.4 is 0 Å². The van der Waals surface area contributed by atoms with E-state index in [1.54, 1.807) is 6.20 Å². The van der Waals surface area contributed by atoms with Crippen LogP contribution in [-0.2, 0) is 0 Å². The van der Waals surface area contributed by atoms with Gasteiger partial charge in [0.15, 0.2) is 0 Å². The first-order valence-corrected chi connectivity index (χ1v) is 9.15. The van der Waals surface area contributed by atoms with Crippen molar-refractivity contribution in [1.29, 1.82) is 0 Å². The molecule has 20 heavy (non-hydrogen) atoms. The smallest absolute Gasteiger partial charge is 0.0925 e. The summed E-state index contributed by atoms with van der Waals surface area (Å²) in [5.74, 6) is 2.33. The third-order valence-electron chi connectivity index (χ3n) is 3.84. The fourth-order valence-corrected chi connectivity index (χ4v) is 5.93. The monoisotopic (exact) mass is 305 g/mol. The second-order valence-electron chi connectivity index (χ2n) is 5.04. The Kier molecular flexibility index (Phi) is 4.54. The Morgan fingerprint density at radius 2 is 2.15 bits per heavy atom. The highest BCUT2D eigenvalue weighted by Gasteiger charge is 2.32. The number of thioether (sulfide) groups is 2. The molecule has 3 unspecified atom stereocenters. The van der Waals surface area contributed by atoms with E-state index in [0.29, 0.717) is 5.25 Å². The van der Waals surface area contributed by atoms with E-state index < -0.39 is 6.10 Å². The number of aromatic nitrogens is 1. The lowest BCUT2D eigenvalue weighted by Gasteiger charge is -2.33. The molecule has 1 N–H and O–H groups in total. The normalized spacial score (nSPS) is 24.7. The predicted octanol–water partition coefficient (Wildman–Crippen LogP) is 3.90. The molecule has 3 rings (SSSR count). The zero-order valence-corrected chi connectivity index (χ0v) is 13.2. The Morgan fingerprint density at radius 1 is 1.30 bits per heavy atom. The molecule has 1 aliphatic heterocycles. The molecule has 1 saturated heterocycles. The summed E-state index contributed by atoms with van der Waals surface area (Å²) in [7, 11) is 0. The van der Waals surface area contributed by atoms with E-state index >= 15 is 0 Å². The molecule has 2 heterocycles. The summed E-state index contributed by atoms with van der Waals surface area (Å²) in [5.41, 5.74) is 1.02. The van der Waals surface area contributed by atoms with Crippen LogP contribution in [-0.4, -0.2) is 32.1 Å². The van der Waals surface area contributed by atoms with Gasteiger partial charge in [0, 0.05) is 39.8 Å². The van der Waals surface area contributed by atoms with Gasteiger partial charge in [0.25, 0.3) is 0 Å². The van der Waals surface area contributed by atoms with Gasteiger partial charge in [0.05, 0.1) is 6.10 Å². The van der Waals surface area contributed by atoms with Crippen molar-refractivity contribution >= 4 is 34.3 Å². The summed E-state index contributed by atoms with van der Waals surface area (Å²) in [4.78, 5) is 4.22. The Balaban J connectivity index is 1.97. The Hall–Kier alpha value is -0.710. The number of hydrogen-bond donors (Lipinski definition) is 1. The van der Waals surface area contributed by atoms with E-state index in [4.69, 9.17) is 0 Å². The predicted molar refractivity (Wildman–Crippen MR) is 89.5 cm³/mol. The molecule has 1 aliphatic rings. The molecule has 106 valence electrons. The molecule has 0 spiro atoms. The number of pyridine rings is 1. The van der Waals surface area contributed by atoms with Crippen molar-refractivity contribution in [3.63, 3.8) is 0 Å². The zero-order chi connectivity index (χ0) is 13.9. The van der Waals surface area contributed by atoms with Gasteiger partial charge < -0.3 is 5.11 Å². The van der Waals surface area contributed by atoms with E-state index in [-0.39, 0.29) is 5.25 Å². The van der Waals surface area contributed by atoms with Crippen LogP contribution in [0, 0.1) is 0 Å². The summed E-state index contributed by atoms with van der Waals surface area (Å²) in [6.07, 6.45) is 4.38. The number of benzene rings is 1. The van der Waals surface area contributed by atoms with Gasteiger partial charge >= 0.3 is 0 Å². The molecule has 1 fully saturated rings. The molecular formula is C16H19NOS2. The first-order valence-electron chi connectivity index (χ1n) is 7.05. The Morgan fingerprint density at radius 3 is 3.00 bits per heavy atom. The molecular weight excluding hydrogens is 286 g/mol. The van der Waals surface area contributed by atoms with E-state index in [1.807, 2.05) is 47.9 Å². The molecule has 4 heteroatoms. The highest BCUT2D eigenvalue weighted by molar-refractivity contribution is 8.07. The summed E-state index contributed by atoms with van der Waals surface area (Å²) in [6, 6.07) is 8.16. The van der Waals surface area contributed by atoms with Crippen LogP contribution >= 0.6 is 23.5 Å². The van der Waals surface area contributed by atoms with Crippen molar-refractivity contribution in [1.82, 2.24) is 4.98 Å². The highest BCUT2D eigenvalue weighted by atomic mass is 32.2. The van der Waals surface area contributed by atoms with Crippen LogP contribution in [0.2, 0.25) is 0 Å². The molecule has 0 saturated carbocycles. The fourth-order valence-electron chi connectivity index (χ4n) is 2.80. The number of fused-ring (bicyclic) bond motifs is 1. The molecule has 2 nitrogen and oxygen atoms in total. The highest BCUT2D eigenvalue weighted by Crippen LogP contribution is 2.41. The summed E-state index contributed by atoms with van der Waals surface area (Å²) < 4.78 is 0. The van der Waals surface area contributed by atoms with Crippen molar-refractivity contribution in [3.8, 4) is 0 Å². The first-order chi connectivity index (χ1) is 9.81. The average Bonchev–Trinajstić information content (AvgIpc) is 2.53. The number of aliphatic hydroxyl groups excluding tert-OH is 1. The molecule has 0 bridgehead atoms. The van der Waals surface area contributed by atoms with Crippen LogP contribution in [0.5, 0.6) is 0 Å². The second-order valence-corrected chi connectivity index (χ2v) is 7.67. The van der Waals surface area contributed by atoms with Crippen molar-refractivity contribution in [2.75, 3.05) is 11.5 Å². The number of nitrogens with zero attached hydrogens (tertiary/aromatic N) is 1. The lowest BCUT2D eigenvalue weighted by molar-refractivity contribution is 0.174. The molecule has 0 amide bonds. The zero-order valence-electron chi connectivity index (χ0n) is 11.5. The maximum atomic E-state index is 10.9. The van der Waals surface area contributed by atoms with Crippen LogP contribution in [0.1, 0.15) is 25.0 Å². The van der Waals surface area contributed by atoms with E-state index in [1.165, 1.54) is 5.75 Å². The standard InChI is InChI=1S/C16H19NOS2/c1-2-14-16(20-9-8-19-14)15(18)12-5-3-4-11-6-7-17-10-13(11)12/h3-7,10,14-16,18H,2,8-9H2,1H3. The van der Waals surface area contributed by atoms with Gasteiger partial charge in [0.1, 0.15) is 0 Å². The van der Waals surface area contributed by atoms with Gasteiger partial charge in [-0.3, -0.25) is 4.98 Å². The van der Waals surface area contributed by atoms with Gasteiger partial charge in [-0.25, -0.2) is 0 Å². The second kappa shape index (κ2) is 6.37. The van der Waals surface area contributed by atoms with Gasteiger partial charge in [-0.15, -0.1) is 0 Å². The Bertz CT molecular complexity index is 584. The molecule has 0 aliphatic carbocycles. The van der Waals surface area contributed by atoms with Gasteiger partial charge in [-0.1, -0.05) is 25.1 Å². The topological polar surface area (TPSA) is 33.1 Å². The van der Waals surface area contributed by atoms with Crippen LogP contribution in [0.25, 0.3) is 10.8 Å². The molecule has 1 aromatic carbocycles. The minimum atomic E-state index is -0.411. The minimum absolute atomic E-state index is 0.282.